The summed E-state index contributed by atoms with van der Waals surface area (Å²) in [6.07, 6.45) is -1.96. The molecule has 1 aliphatic heterocycles. The maximum Gasteiger partial charge on any atom is 0.391 e. The average Bonchev–Trinajstić information content (AvgIpc) is 2.18. The predicted molar refractivity (Wildman–Crippen MR) is 51.5 cm³/mol. The number of unbranched alkanes of at least 4 members (excludes halogenated alkanes) is 1. The van der Waals surface area contributed by atoms with Gasteiger partial charge in [-0.05, 0) is 45.3 Å². The molecule has 0 saturated carbocycles. The van der Waals surface area contributed by atoms with Crippen molar-refractivity contribution >= 4 is 0 Å². The van der Waals surface area contributed by atoms with Crippen LogP contribution in [0.15, 0.2) is 0 Å². The third kappa shape index (κ3) is 4.38. The Morgan fingerprint density at radius 1 is 1.13 bits per heavy atom. The van der Waals surface area contributed by atoms with E-state index in [1.54, 1.807) is 0 Å². The first kappa shape index (κ1) is 12.8. The first-order valence-corrected chi connectivity index (χ1v) is 5.44. The van der Waals surface area contributed by atoms with Crippen LogP contribution in [0.5, 0.6) is 0 Å². The number of nitrogens with zero attached hydrogens (tertiary/aromatic N) is 1. The van der Waals surface area contributed by atoms with Crippen molar-refractivity contribution in [3.8, 4) is 0 Å². The molecule has 1 aliphatic rings. The standard InChI is InChI=1S/C10H18F3NO/c11-10(12,13)9-3-6-14(7-4-9)5-1-2-8-15/h9,15H,1-8H2. The van der Waals surface area contributed by atoms with Gasteiger partial charge in [0.1, 0.15) is 0 Å². The average molecular weight is 225 g/mol. The summed E-state index contributed by atoms with van der Waals surface area (Å²) in [5.41, 5.74) is 0. The van der Waals surface area contributed by atoms with Gasteiger partial charge in [0.25, 0.3) is 0 Å². The number of hydrogen-bond donors (Lipinski definition) is 1. The van der Waals surface area contributed by atoms with E-state index in [1.807, 2.05) is 0 Å². The number of hydrogen-bond acceptors (Lipinski definition) is 2. The summed E-state index contributed by atoms with van der Waals surface area (Å²) in [4.78, 5) is 2.05. The third-order valence-corrected chi connectivity index (χ3v) is 2.93. The van der Waals surface area contributed by atoms with E-state index in [2.05, 4.69) is 4.90 Å². The van der Waals surface area contributed by atoms with Gasteiger partial charge in [-0.2, -0.15) is 13.2 Å². The van der Waals surface area contributed by atoms with Gasteiger partial charge < -0.3 is 10.0 Å². The van der Waals surface area contributed by atoms with Crippen LogP contribution in [0.2, 0.25) is 0 Å². The maximum atomic E-state index is 12.3. The molecule has 5 heteroatoms. The van der Waals surface area contributed by atoms with Crippen molar-refractivity contribution in [2.24, 2.45) is 5.92 Å². The van der Waals surface area contributed by atoms with Gasteiger partial charge in [0, 0.05) is 6.61 Å². The Hall–Kier alpha value is -0.290. The number of aliphatic hydroxyl groups excluding tert-OH is 1. The Morgan fingerprint density at radius 3 is 2.20 bits per heavy atom. The lowest BCUT2D eigenvalue weighted by atomic mass is 9.96. The fraction of sp³-hybridized carbons (Fsp3) is 1.00. The number of halogens is 3. The third-order valence-electron chi connectivity index (χ3n) is 2.93. The molecular formula is C10H18F3NO. The normalized spacial score (nSPS) is 20.8. The molecule has 90 valence electrons. The summed E-state index contributed by atoms with van der Waals surface area (Å²) in [5, 5.41) is 8.58. The van der Waals surface area contributed by atoms with Crippen LogP contribution in [0.1, 0.15) is 25.7 Å². The SMILES string of the molecule is OCCCCN1CCC(C(F)(F)F)CC1. The molecule has 0 aliphatic carbocycles. The quantitative estimate of drug-likeness (QED) is 0.740. The molecule has 1 N–H and O–H groups in total. The Labute approximate surface area is 88.1 Å². The molecule has 0 unspecified atom stereocenters. The van der Waals surface area contributed by atoms with E-state index in [4.69, 9.17) is 5.11 Å². The van der Waals surface area contributed by atoms with Crippen molar-refractivity contribution in [3.05, 3.63) is 0 Å². The van der Waals surface area contributed by atoms with E-state index in [0.717, 1.165) is 19.4 Å². The highest BCUT2D eigenvalue weighted by Crippen LogP contribution is 2.33. The molecular weight excluding hydrogens is 207 g/mol. The van der Waals surface area contributed by atoms with Gasteiger partial charge in [-0.1, -0.05) is 0 Å². The molecule has 0 radical (unpaired) electrons. The summed E-state index contributed by atoms with van der Waals surface area (Å²) in [7, 11) is 0. The zero-order valence-electron chi connectivity index (χ0n) is 8.76. The molecule has 15 heavy (non-hydrogen) atoms. The smallest absolute Gasteiger partial charge is 0.391 e. The Balaban J connectivity index is 2.18. The first-order valence-electron chi connectivity index (χ1n) is 5.44. The molecule has 0 amide bonds. The van der Waals surface area contributed by atoms with Crippen LogP contribution in [0.4, 0.5) is 13.2 Å². The number of likely N-dealkylation sites (tertiary alicyclic amines) is 1. The van der Waals surface area contributed by atoms with Crippen LogP contribution >= 0.6 is 0 Å². The molecule has 0 aromatic heterocycles. The zero-order chi connectivity index (χ0) is 11.3. The number of piperidine rings is 1. The molecule has 0 aromatic rings. The zero-order valence-corrected chi connectivity index (χ0v) is 8.76. The van der Waals surface area contributed by atoms with E-state index >= 15 is 0 Å². The number of alkyl halides is 3. The Morgan fingerprint density at radius 2 is 1.73 bits per heavy atom. The van der Waals surface area contributed by atoms with E-state index in [-0.39, 0.29) is 19.4 Å². The van der Waals surface area contributed by atoms with Crippen LogP contribution < -0.4 is 0 Å². The highest BCUT2D eigenvalue weighted by molar-refractivity contribution is 4.76. The Kier molecular flexibility index (Phi) is 4.86. The van der Waals surface area contributed by atoms with Crippen molar-refractivity contribution < 1.29 is 18.3 Å². The summed E-state index contributed by atoms with van der Waals surface area (Å²) in [6.45, 7) is 2.05. The van der Waals surface area contributed by atoms with Crippen LogP contribution in [0, 0.1) is 5.92 Å². The largest absolute Gasteiger partial charge is 0.396 e. The molecule has 1 fully saturated rings. The first-order chi connectivity index (χ1) is 7.04. The van der Waals surface area contributed by atoms with Crippen LogP contribution in [-0.4, -0.2) is 42.4 Å². The van der Waals surface area contributed by atoms with Gasteiger partial charge in [0.2, 0.25) is 0 Å². The van der Waals surface area contributed by atoms with Crippen molar-refractivity contribution in [3.63, 3.8) is 0 Å². The van der Waals surface area contributed by atoms with Crippen molar-refractivity contribution in [2.75, 3.05) is 26.2 Å². The molecule has 0 aromatic carbocycles. The van der Waals surface area contributed by atoms with Crippen LogP contribution in [-0.2, 0) is 0 Å². The summed E-state index contributed by atoms with van der Waals surface area (Å²) >= 11 is 0. The van der Waals surface area contributed by atoms with Gasteiger partial charge in [0.05, 0.1) is 5.92 Å². The topological polar surface area (TPSA) is 23.5 Å². The lowest BCUT2D eigenvalue weighted by molar-refractivity contribution is -0.185. The van der Waals surface area contributed by atoms with Crippen molar-refractivity contribution in [2.45, 2.75) is 31.9 Å². The van der Waals surface area contributed by atoms with Gasteiger partial charge in [-0.25, -0.2) is 0 Å². The summed E-state index contributed by atoms with van der Waals surface area (Å²) in [5.74, 6) is -1.11. The fourth-order valence-corrected chi connectivity index (χ4v) is 1.93. The van der Waals surface area contributed by atoms with Crippen LogP contribution in [0.3, 0.4) is 0 Å². The molecule has 0 bridgehead atoms. The van der Waals surface area contributed by atoms with Gasteiger partial charge in [0.15, 0.2) is 0 Å². The fourth-order valence-electron chi connectivity index (χ4n) is 1.93. The minimum absolute atomic E-state index is 0.166. The molecule has 1 rings (SSSR count). The van der Waals surface area contributed by atoms with E-state index in [9.17, 15) is 13.2 Å². The Bertz CT molecular complexity index is 176. The molecule has 1 heterocycles. The van der Waals surface area contributed by atoms with Crippen LogP contribution in [0.25, 0.3) is 0 Å². The van der Waals surface area contributed by atoms with E-state index in [0.29, 0.717) is 13.1 Å². The number of rotatable bonds is 4. The molecule has 2 nitrogen and oxygen atoms in total. The second kappa shape index (κ2) is 5.70. The molecule has 0 spiro atoms. The number of aliphatic hydroxyl groups is 1. The highest BCUT2D eigenvalue weighted by atomic mass is 19.4. The predicted octanol–water partition coefficient (Wildman–Crippen LogP) is 2.03. The lowest BCUT2D eigenvalue weighted by Crippen LogP contribution is -2.39. The summed E-state index contributed by atoms with van der Waals surface area (Å²) < 4.78 is 37.0. The molecule has 1 saturated heterocycles. The minimum Gasteiger partial charge on any atom is -0.396 e. The van der Waals surface area contributed by atoms with E-state index < -0.39 is 12.1 Å². The van der Waals surface area contributed by atoms with Gasteiger partial charge >= 0.3 is 6.18 Å². The van der Waals surface area contributed by atoms with Gasteiger partial charge in [-0.3, -0.25) is 0 Å². The van der Waals surface area contributed by atoms with E-state index in [1.165, 1.54) is 0 Å². The monoisotopic (exact) mass is 225 g/mol. The highest BCUT2D eigenvalue weighted by Gasteiger charge is 2.40. The minimum atomic E-state index is -4.02. The summed E-state index contributed by atoms with van der Waals surface area (Å²) in [6, 6.07) is 0. The van der Waals surface area contributed by atoms with Crippen molar-refractivity contribution in [1.82, 2.24) is 4.90 Å². The maximum absolute atomic E-state index is 12.3. The van der Waals surface area contributed by atoms with Crippen molar-refractivity contribution in [1.29, 1.82) is 0 Å². The van der Waals surface area contributed by atoms with Gasteiger partial charge in [-0.15, -0.1) is 0 Å². The second-order valence-corrected chi connectivity index (χ2v) is 4.09. The molecule has 0 atom stereocenters. The second-order valence-electron chi connectivity index (χ2n) is 4.09. The lowest BCUT2D eigenvalue weighted by Gasteiger charge is -2.32.